The minimum absolute atomic E-state index is 0.166. The molecule has 0 aliphatic heterocycles. The van der Waals surface area contributed by atoms with Crippen LogP contribution >= 0.6 is 0 Å². The number of sulfonamides is 1. The van der Waals surface area contributed by atoms with E-state index in [1.807, 2.05) is 7.05 Å². The molecule has 5 nitrogen and oxygen atoms in total. The Bertz CT molecular complexity index is 541. The van der Waals surface area contributed by atoms with Crippen LogP contribution in [0.25, 0.3) is 0 Å². The quantitative estimate of drug-likeness (QED) is 0.765. The highest BCUT2D eigenvalue weighted by Crippen LogP contribution is 2.27. The van der Waals surface area contributed by atoms with Gasteiger partial charge in [-0.2, -0.15) is 4.31 Å². The van der Waals surface area contributed by atoms with Crippen molar-refractivity contribution in [3.05, 3.63) is 36.4 Å². The maximum absolute atomic E-state index is 12.4. The van der Waals surface area contributed by atoms with Crippen LogP contribution in [0.1, 0.15) is 5.56 Å². The van der Waals surface area contributed by atoms with E-state index in [0.29, 0.717) is 12.3 Å². The number of methoxy groups -OCH3 is 1. The van der Waals surface area contributed by atoms with Crippen molar-refractivity contribution in [2.45, 2.75) is 11.4 Å². The fourth-order valence-electron chi connectivity index (χ4n) is 1.69. The van der Waals surface area contributed by atoms with Crippen LogP contribution in [0.5, 0.6) is 5.75 Å². The SMILES string of the molecule is C=CCN(C)S(=O)(=O)c1ccc(CNC)cc1OC. The first-order valence-electron chi connectivity index (χ1n) is 5.86. The van der Waals surface area contributed by atoms with E-state index in [-0.39, 0.29) is 11.4 Å². The van der Waals surface area contributed by atoms with Crippen LogP contribution in [0, 0.1) is 0 Å². The zero-order chi connectivity index (χ0) is 14.5. The van der Waals surface area contributed by atoms with Gasteiger partial charge in [0.15, 0.2) is 0 Å². The molecule has 0 saturated heterocycles. The molecule has 0 aliphatic rings. The molecule has 1 aromatic rings. The van der Waals surface area contributed by atoms with Crippen LogP contribution in [0.15, 0.2) is 35.7 Å². The van der Waals surface area contributed by atoms with Gasteiger partial charge >= 0.3 is 0 Å². The van der Waals surface area contributed by atoms with E-state index in [1.165, 1.54) is 18.5 Å². The molecule has 0 amide bonds. The lowest BCUT2D eigenvalue weighted by atomic mass is 10.2. The van der Waals surface area contributed by atoms with Gasteiger partial charge in [0.1, 0.15) is 10.6 Å². The first-order chi connectivity index (χ1) is 8.97. The summed E-state index contributed by atoms with van der Waals surface area (Å²) in [5.41, 5.74) is 0.963. The van der Waals surface area contributed by atoms with E-state index in [1.54, 1.807) is 24.3 Å². The average molecular weight is 284 g/mol. The Balaban J connectivity index is 3.22. The third-order valence-electron chi connectivity index (χ3n) is 2.68. The lowest BCUT2D eigenvalue weighted by Gasteiger charge is -2.17. The summed E-state index contributed by atoms with van der Waals surface area (Å²) in [5.74, 6) is 0.351. The number of nitrogens with zero attached hydrogens (tertiary/aromatic N) is 1. The molecule has 1 aromatic carbocycles. The van der Waals surface area contributed by atoms with Crippen LogP contribution in [-0.2, 0) is 16.6 Å². The molecular weight excluding hydrogens is 264 g/mol. The number of ether oxygens (including phenoxy) is 1. The lowest BCUT2D eigenvalue weighted by Crippen LogP contribution is -2.27. The van der Waals surface area contributed by atoms with Gasteiger partial charge in [-0.05, 0) is 24.7 Å². The number of hydrogen-bond acceptors (Lipinski definition) is 4. The van der Waals surface area contributed by atoms with E-state index in [4.69, 9.17) is 4.74 Å². The molecule has 0 bridgehead atoms. The van der Waals surface area contributed by atoms with E-state index in [2.05, 4.69) is 11.9 Å². The van der Waals surface area contributed by atoms with Gasteiger partial charge in [0.25, 0.3) is 0 Å². The van der Waals surface area contributed by atoms with Crippen LogP contribution < -0.4 is 10.1 Å². The predicted molar refractivity (Wildman–Crippen MR) is 75.8 cm³/mol. The van der Waals surface area contributed by atoms with Crippen LogP contribution in [-0.4, -0.2) is 40.5 Å². The molecule has 1 N–H and O–H groups in total. The molecule has 106 valence electrons. The van der Waals surface area contributed by atoms with E-state index < -0.39 is 10.0 Å². The fraction of sp³-hybridized carbons (Fsp3) is 0.385. The lowest BCUT2D eigenvalue weighted by molar-refractivity contribution is 0.399. The van der Waals surface area contributed by atoms with Crippen molar-refractivity contribution in [3.63, 3.8) is 0 Å². The van der Waals surface area contributed by atoms with Gasteiger partial charge < -0.3 is 10.1 Å². The van der Waals surface area contributed by atoms with Crippen LogP contribution in [0.4, 0.5) is 0 Å². The summed E-state index contributed by atoms with van der Waals surface area (Å²) in [6.07, 6.45) is 1.54. The first kappa shape index (κ1) is 15.7. The molecule has 0 radical (unpaired) electrons. The number of rotatable bonds is 7. The molecule has 19 heavy (non-hydrogen) atoms. The highest BCUT2D eigenvalue weighted by molar-refractivity contribution is 7.89. The standard InChI is InChI=1S/C13H20N2O3S/c1-5-8-15(3)19(16,17)13-7-6-11(10-14-2)9-12(13)18-4/h5-7,9,14H,1,8,10H2,2-4H3. The van der Waals surface area contributed by atoms with Crippen molar-refractivity contribution in [1.29, 1.82) is 0 Å². The average Bonchev–Trinajstić information content (AvgIpc) is 2.39. The first-order valence-corrected chi connectivity index (χ1v) is 7.30. The number of benzene rings is 1. The number of hydrogen-bond donors (Lipinski definition) is 1. The Morgan fingerprint density at radius 2 is 2.16 bits per heavy atom. The van der Waals surface area contributed by atoms with Gasteiger partial charge in [-0.3, -0.25) is 0 Å². The Morgan fingerprint density at radius 1 is 1.47 bits per heavy atom. The van der Waals surface area contributed by atoms with Crippen molar-refractivity contribution in [1.82, 2.24) is 9.62 Å². The van der Waals surface area contributed by atoms with Gasteiger partial charge in [0, 0.05) is 20.1 Å². The van der Waals surface area contributed by atoms with Gasteiger partial charge in [-0.25, -0.2) is 8.42 Å². The van der Waals surface area contributed by atoms with Crippen molar-refractivity contribution in [2.75, 3.05) is 27.7 Å². The molecular formula is C13H20N2O3S. The Hall–Kier alpha value is -1.37. The summed E-state index contributed by atoms with van der Waals surface area (Å²) in [6.45, 7) is 4.45. The second-order valence-corrected chi connectivity index (χ2v) is 6.10. The third kappa shape index (κ3) is 3.56. The minimum atomic E-state index is -3.56. The van der Waals surface area contributed by atoms with Crippen LogP contribution in [0.2, 0.25) is 0 Å². The smallest absolute Gasteiger partial charge is 0.246 e. The van der Waals surface area contributed by atoms with E-state index >= 15 is 0 Å². The molecule has 6 heteroatoms. The van der Waals surface area contributed by atoms with Crippen molar-refractivity contribution >= 4 is 10.0 Å². The molecule has 0 saturated carbocycles. The summed E-state index contributed by atoms with van der Waals surface area (Å²) < 4.78 is 31.1. The Morgan fingerprint density at radius 3 is 2.68 bits per heavy atom. The third-order valence-corrected chi connectivity index (χ3v) is 4.55. The monoisotopic (exact) mass is 284 g/mol. The van der Waals surface area contributed by atoms with Crippen molar-refractivity contribution < 1.29 is 13.2 Å². The maximum atomic E-state index is 12.4. The number of likely N-dealkylation sites (N-methyl/N-ethyl adjacent to an activating group) is 1. The molecule has 0 unspecified atom stereocenters. The van der Waals surface area contributed by atoms with Gasteiger partial charge in [0.2, 0.25) is 10.0 Å². The van der Waals surface area contributed by atoms with Gasteiger partial charge in [-0.1, -0.05) is 12.1 Å². The normalized spacial score (nSPS) is 11.6. The Labute approximate surface area is 114 Å². The molecule has 1 rings (SSSR count). The second-order valence-electron chi connectivity index (χ2n) is 4.09. The van der Waals surface area contributed by atoms with Crippen LogP contribution in [0.3, 0.4) is 0 Å². The zero-order valence-corrected chi connectivity index (χ0v) is 12.3. The summed E-state index contributed by atoms with van der Waals surface area (Å²) in [5, 5.41) is 3.01. The molecule has 0 aliphatic carbocycles. The summed E-state index contributed by atoms with van der Waals surface area (Å²) in [4.78, 5) is 0.166. The molecule has 0 heterocycles. The summed E-state index contributed by atoms with van der Waals surface area (Å²) in [7, 11) is 1.24. The van der Waals surface area contributed by atoms with Gasteiger partial charge in [0.05, 0.1) is 7.11 Å². The van der Waals surface area contributed by atoms with Crippen molar-refractivity contribution in [3.8, 4) is 5.75 Å². The molecule has 0 aromatic heterocycles. The van der Waals surface area contributed by atoms with E-state index in [9.17, 15) is 8.42 Å². The second kappa shape index (κ2) is 6.70. The molecule has 0 atom stereocenters. The molecule has 0 spiro atoms. The topological polar surface area (TPSA) is 58.6 Å². The largest absolute Gasteiger partial charge is 0.495 e. The fourth-order valence-corrected chi connectivity index (χ4v) is 2.96. The summed E-state index contributed by atoms with van der Waals surface area (Å²) >= 11 is 0. The summed E-state index contributed by atoms with van der Waals surface area (Å²) in [6, 6.07) is 5.07. The van der Waals surface area contributed by atoms with Gasteiger partial charge in [-0.15, -0.1) is 6.58 Å². The highest BCUT2D eigenvalue weighted by atomic mass is 32.2. The highest BCUT2D eigenvalue weighted by Gasteiger charge is 2.24. The predicted octanol–water partition coefficient (Wildman–Crippen LogP) is 1.22. The number of nitrogens with one attached hydrogen (secondary N) is 1. The zero-order valence-electron chi connectivity index (χ0n) is 11.5. The Kier molecular flexibility index (Phi) is 5.53. The van der Waals surface area contributed by atoms with E-state index in [0.717, 1.165) is 5.56 Å². The minimum Gasteiger partial charge on any atom is -0.495 e. The van der Waals surface area contributed by atoms with Crippen molar-refractivity contribution in [2.24, 2.45) is 0 Å². The maximum Gasteiger partial charge on any atom is 0.246 e. The molecule has 0 fully saturated rings.